The van der Waals surface area contributed by atoms with Crippen molar-refractivity contribution < 1.29 is 9.90 Å². The molecule has 0 saturated carbocycles. The van der Waals surface area contributed by atoms with Gasteiger partial charge >= 0.3 is 5.97 Å². The van der Waals surface area contributed by atoms with Gasteiger partial charge in [-0.3, -0.25) is 9.36 Å². The van der Waals surface area contributed by atoms with Crippen LogP contribution in [0, 0.1) is 0 Å². The zero-order chi connectivity index (χ0) is 15.6. The smallest absolute Gasteiger partial charge is 0.337 e. The largest absolute Gasteiger partial charge is 0.478 e. The molecule has 0 amide bonds. The van der Waals surface area contributed by atoms with Crippen LogP contribution in [0.3, 0.4) is 0 Å². The summed E-state index contributed by atoms with van der Waals surface area (Å²) in [5.41, 5.74) is -0.162. The summed E-state index contributed by atoms with van der Waals surface area (Å²) in [6.07, 6.45) is 3.01. The van der Waals surface area contributed by atoms with Crippen LogP contribution >= 0.6 is 11.3 Å². The van der Waals surface area contributed by atoms with Crippen LogP contribution in [0.15, 0.2) is 10.2 Å². The molecule has 21 heavy (non-hydrogen) atoms. The minimum atomic E-state index is -1.07. The number of fused-ring (bicyclic) bond motifs is 1. The maximum atomic E-state index is 12.7. The summed E-state index contributed by atoms with van der Waals surface area (Å²) in [6, 6.07) is 0. The van der Waals surface area contributed by atoms with E-state index >= 15 is 0 Å². The molecule has 114 valence electrons. The lowest BCUT2D eigenvalue weighted by Gasteiger charge is -2.14. The van der Waals surface area contributed by atoms with E-state index < -0.39 is 5.97 Å². The molecular formula is C15H20N2O3S. The van der Waals surface area contributed by atoms with Gasteiger partial charge in [0.15, 0.2) is 0 Å². The Balaban J connectivity index is 2.64. The van der Waals surface area contributed by atoms with Gasteiger partial charge in [-0.15, -0.1) is 11.3 Å². The lowest BCUT2D eigenvalue weighted by atomic mass is 10.1. The second-order valence-electron chi connectivity index (χ2n) is 5.42. The summed E-state index contributed by atoms with van der Waals surface area (Å²) in [4.78, 5) is 29.0. The molecule has 6 heteroatoms. The van der Waals surface area contributed by atoms with Gasteiger partial charge in [0, 0.05) is 17.8 Å². The summed E-state index contributed by atoms with van der Waals surface area (Å²) in [7, 11) is 0. The van der Waals surface area contributed by atoms with Crippen LogP contribution in [0.2, 0.25) is 0 Å². The number of hydrogen-bond donors (Lipinski definition) is 1. The number of thiophene rings is 1. The van der Waals surface area contributed by atoms with Gasteiger partial charge in [-0.1, -0.05) is 33.6 Å². The minimum Gasteiger partial charge on any atom is -0.478 e. The molecule has 0 aliphatic carbocycles. The monoisotopic (exact) mass is 308 g/mol. The Hall–Kier alpha value is -1.69. The van der Waals surface area contributed by atoms with E-state index in [1.54, 1.807) is 4.57 Å². The summed E-state index contributed by atoms with van der Waals surface area (Å²) in [5.74, 6) is -0.209. The molecule has 1 N–H and O–H groups in total. The molecular weight excluding hydrogens is 288 g/mol. The predicted molar refractivity (Wildman–Crippen MR) is 84.5 cm³/mol. The van der Waals surface area contributed by atoms with Crippen molar-refractivity contribution >= 4 is 27.5 Å². The fourth-order valence-electron chi connectivity index (χ4n) is 2.37. The van der Waals surface area contributed by atoms with Gasteiger partial charge in [-0.2, -0.15) is 0 Å². The molecule has 0 radical (unpaired) electrons. The van der Waals surface area contributed by atoms with E-state index in [2.05, 4.69) is 11.9 Å². The van der Waals surface area contributed by atoms with Gasteiger partial charge in [0.05, 0.1) is 10.9 Å². The third kappa shape index (κ3) is 3.00. The van der Waals surface area contributed by atoms with Gasteiger partial charge in [-0.05, 0) is 6.42 Å². The van der Waals surface area contributed by atoms with Crippen molar-refractivity contribution in [3.63, 3.8) is 0 Å². The topological polar surface area (TPSA) is 72.2 Å². The van der Waals surface area contributed by atoms with E-state index in [-0.39, 0.29) is 22.4 Å². The second-order valence-corrected chi connectivity index (χ2v) is 6.28. The lowest BCUT2D eigenvalue weighted by Crippen LogP contribution is -2.26. The Morgan fingerprint density at radius 3 is 2.71 bits per heavy atom. The number of nitrogens with zero attached hydrogens (tertiary/aromatic N) is 2. The third-order valence-electron chi connectivity index (χ3n) is 3.46. The molecule has 0 spiro atoms. The molecule has 2 rings (SSSR count). The number of hydrogen-bond acceptors (Lipinski definition) is 4. The predicted octanol–water partition coefficient (Wildman–Crippen LogP) is 3.47. The van der Waals surface area contributed by atoms with Gasteiger partial charge in [-0.25, -0.2) is 9.78 Å². The highest BCUT2D eigenvalue weighted by atomic mass is 32.1. The number of aromatic carboxylic acids is 1. The molecule has 5 nitrogen and oxygen atoms in total. The van der Waals surface area contributed by atoms with Crippen LogP contribution in [0.1, 0.15) is 62.1 Å². The van der Waals surface area contributed by atoms with Crippen molar-refractivity contribution in [3.05, 3.63) is 27.1 Å². The van der Waals surface area contributed by atoms with Gasteiger partial charge < -0.3 is 5.11 Å². The maximum Gasteiger partial charge on any atom is 0.337 e. The standard InChI is InChI=1S/C15H20N2O3S/c1-4-5-6-7-17-12(9(2)3)16-13-11(14(17)18)10(8-21-13)15(19)20/h8-9H,4-7H2,1-3H3,(H,19,20). The molecule has 0 aromatic carbocycles. The Kier molecular flexibility index (Phi) is 4.77. The van der Waals surface area contributed by atoms with Gasteiger partial charge in [0.25, 0.3) is 5.56 Å². The van der Waals surface area contributed by atoms with Crippen LogP contribution in [-0.2, 0) is 6.54 Å². The molecule has 2 heterocycles. The molecule has 2 aromatic heterocycles. The van der Waals surface area contributed by atoms with E-state index in [0.717, 1.165) is 25.1 Å². The Labute approximate surface area is 127 Å². The quantitative estimate of drug-likeness (QED) is 0.829. The Morgan fingerprint density at radius 2 is 2.14 bits per heavy atom. The highest BCUT2D eigenvalue weighted by Crippen LogP contribution is 2.24. The highest BCUT2D eigenvalue weighted by Gasteiger charge is 2.20. The van der Waals surface area contributed by atoms with Crippen LogP contribution in [0.4, 0.5) is 0 Å². The first kappa shape index (κ1) is 15.7. The minimum absolute atomic E-state index is 0.0621. The van der Waals surface area contributed by atoms with Gasteiger partial charge in [0.1, 0.15) is 10.7 Å². The molecule has 2 aromatic rings. The maximum absolute atomic E-state index is 12.7. The van der Waals surface area contributed by atoms with Crippen LogP contribution in [-0.4, -0.2) is 20.6 Å². The summed E-state index contributed by atoms with van der Waals surface area (Å²) in [6.45, 7) is 6.69. The molecule has 0 saturated heterocycles. The zero-order valence-corrected chi connectivity index (χ0v) is 13.4. The number of carbonyl (C=O) groups is 1. The fourth-order valence-corrected chi connectivity index (χ4v) is 3.28. The van der Waals surface area contributed by atoms with E-state index in [1.807, 2.05) is 13.8 Å². The number of unbranched alkanes of at least 4 members (excludes halogenated alkanes) is 2. The summed E-state index contributed by atoms with van der Waals surface area (Å²) >= 11 is 1.22. The van der Waals surface area contributed by atoms with Crippen molar-refractivity contribution in [2.45, 2.75) is 52.5 Å². The average molecular weight is 308 g/mol. The molecule has 0 aliphatic rings. The first-order valence-electron chi connectivity index (χ1n) is 7.22. The number of aromatic nitrogens is 2. The normalized spacial score (nSPS) is 11.4. The first-order chi connectivity index (χ1) is 9.97. The van der Waals surface area contributed by atoms with E-state index in [0.29, 0.717) is 11.4 Å². The SMILES string of the molecule is CCCCCn1c(C(C)C)nc2scc(C(=O)O)c2c1=O. The highest BCUT2D eigenvalue weighted by molar-refractivity contribution is 7.17. The van der Waals surface area contributed by atoms with Gasteiger partial charge in [0.2, 0.25) is 0 Å². The summed E-state index contributed by atoms with van der Waals surface area (Å²) in [5, 5.41) is 11.0. The van der Waals surface area contributed by atoms with E-state index in [1.165, 1.54) is 16.7 Å². The molecule has 0 unspecified atom stereocenters. The summed E-state index contributed by atoms with van der Waals surface area (Å²) < 4.78 is 1.65. The van der Waals surface area contributed by atoms with Crippen molar-refractivity contribution in [2.24, 2.45) is 0 Å². The number of carboxylic acids is 1. The zero-order valence-electron chi connectivity index (χ0n) is 12.5. The van der Waals surface area contributed by atoms with E-state index in [4.69, 9.17) is 0 Å². The number of carboxylic acid groups (broad SMARTS) is 1. The van der Waals surface area contributed by atoms with Crippen molar-refractivity contribution in [2.75, 3.05) is 0 Å². The first-order valence-corrected chi connectivity index (χ1v) is 8.10. The fraction of sp³-hybridized carbons (Fsp3) is 0.533. The molecule has 0 aliphatic heterocycles. The second kappa shape index (κ2) is 6.39. The molecule has 0 fully saturated rings. The van der Waals surface area contributed by atoms with Crippen molar-refractivity contribution in [3.8, 4) is 0 Å². The van der Waals surface area contributed by atoms with Crippen LogP contribution < -0.4 is 5.56 Å². The Morgan fingerprint density at radius 1 is 1.43 bits per heavy atom. The van der Waals surface area contributed by atoms with Crippen molar-refractivity contribution in [1.29, 1.82) is 0 Å². The van der Waals surface area contributed by atoms with E-state index in [9.17, 15) is 14.7 Å². The molecule has 0 bridgehead atoms. The average Bonchev–Trinajstić information content (AvgIpc) is 2.85. The molecule has 0 atom stereocenters. The lowest BCUT2D eigenvalue weighted by molar-refractivity contribution is 0.0699. The van der Waals surface area contributed by atoms with Crippen LogP contribution in [0.5, 0.6) is 0 Å². The van der Waals surface area contributed by atoms with Crippen LogP contribution in [0.25, 0.3) is 10.2 Å². The van der Waals surface area contributed by atoms with Crippen molar-refractivity contribution in [1.82, 2.24) is 9.55 Å². The number of rotatable bonds is 6. The third-order valence-corrected chi connectivity index (χ3v) is 4.33. The Bertz CT molecular complexity index is 716.